The SMILES string of the molecule is N#CC1(NC(=O)O[C@H]2Cc3ccc(c(Cl)c3)OC/C=C/CCN3C[C@@H](F)CC3C(=O)N2)CC1. The fourth-order valence-electron chi connectivity index (χ4n) is 4.05. The number of halogens is 2. The van der Waals surface area contributed by atoms with E-state index in [1.54, 1.807) is 23.1 Å². The third kappa shape index (κ3) is 5.95. The van der Waals surface area contributed by atoms with E-state index in [0.29, 0.717) is 48.7 Å². The van der Waals surface area contributed by atoms with Gasteiger partial charge in [-0.2, -0.15) is 5.26 Å². The Bertz CT molecular complexity index is 978. The maximum atomic E-state index is 14.1. The van der Waals surface area contributed by atoms with E-state index in [1.165, 1.54) is 0 Å². The van der Waals surface area contributed by atoms with Gasteiger partial charge in [0.2, 0.25) is 5.91 Å². The fourth-order valence-corrected chi connectivity index (χ4v) is 4.31. The number of alkyl carbamates (subject to hydrolysis) is 1. The van der Waals surface area contributed by atoms with Gasteiger partial charge in [-0.05, 0) is 37.0 Å². The van der Waals surface area contributed by atoms with Crippen LogP contribution in [0.5, 0.6) is 5.75 Å². The Morgan fingerprint density at radius 1 is 1.39 bits per heavy atom. The molecule has 0 aromatic heterocycles. The first-order valence-electron chi connectivity index (χ1n) is 11.0. The van der Waals surface area contributed by atoms with Gasteiger partial charge < -0.3 is 20.1 Å². The predicted molar refractivity (Wildman–Crippen MR) is 118 cm³/mol. The smallest absolute Gasteiger partial charge is 0.410 e. The van der Waals surface area contributed by atoms with E-state index >= 15 is 0 Å². The van der Waals surface area contributed by atoms with Gasteiger partial charge >= 0.3 is 6.09 Å². The number of amides is 2. The molecule has 2 fully saturated rings. The second kappa shape index (κ2) is 9.98. The number of hydrogen-bond donors (Lipinski definition) is 2. The number of nitriles is 1. The molecule has 1 saturated carbocycles. The number of nitrogens with one attached hydrogen (secondary N) is 2. The first-order chi connectivity index (χ1) is 15.9. The number of benzene rings is 1. The minimum absolute atomic E-state index is 0.0790. The van der Waals surface area contributed by atoms with E-state index in [2.05, 4.69) is 16.7 Å². The number of carbonyl (C=O) groups is 2. The lowest BCUT2D eigenvalue weighted by molar-refractivity contribution is -0.128. The van der Waals surface area contributed by atoms with Crippen molar-refractivity contribution in [2.24, 2.45) is 0 Å². The van der Waals surface area contributed by atoms with Crippen molar-refractivity contribution in [3.8, 4) is 11.8 Å². The van der Waals surface area contributed by atoms with Crippen LogP contribution in [0.4, 0.5) is 9.18 Å². The van der Waals surface area contributed by atoms with E-state index in [4.69, 9.17) is 21.1 Å². The highest BCUT2D eigenvalue weighted by molar-refractivity contribution is 6.32. The molecule has 1 aromatic rings. The molecule has 3 atom stereocenters. The van der Waals surface area contributed by atoms with Crippen LogP contribution in [-0.2, 0) is 16.0 Å². The summed E-state index contributed by atoms with van der Waals surface area (Å²) >= 11 is 6.34. The summed E-state index contributed by atoms with van der Waals surface area (Å²) < 4.78 is 25.3. The monoisotopic (exact) mass is 476 g/mol. The second-order valence-corrected chi connectivity index (χ2v) is 9.01. The molecule has 33 heavy (non-hydrogen) atoms. The van der Waals surface area contributed by atoms with E-state index in [0.717, 1.165) is 0 Å². The number of carbonyl (C=O) groups excluding carboxylic acids is 2. The van der Waals surface area contributed by atoms with Crippen LogP contribution in [0.3, 0.4) is 0 Å². The summed E-state index contributed by atoms with van der Waals surface area (Å²) in [4.78, 5) is 27.3. The van der Waals surface area contributed by atoms with Gasteiger partial charge in [0, 0.05) is 25.9 Å². The largest absolute Gasteiger partial charge is 0.488 e. The molecule has 8 nitrogen and oxygen atoms in total. The average Bonchev–Trinajstić information content (AvgIpc) is 3.43. The molecule has 0 radical (unpaired) electrons. The molecular weight excluding hydrogens is 451 g/mol. The minimum Gasteiger partial charge on any atom is -0.488 e. The highest BCUT2D eigenvalue weighted by atomic mass is 35.5. The first-order valence-corrected chi connectivity index (χ1v) is 11.4. The van der Waals surface area contributed by atoms with Crippen LogP contribution in [0.15, 0.2) is 30.4 Å². The van der Waals surface area contributed by atoms with Gasteiger partial charge in [-0.15, -0.1) is 0 Å². The first kappa shape index (κ1) is 23.3. The van der Waals surface area contributed by atoms with E-state index in [1.807, 2.05) is 12.2 Å². The Morgan fingerprint density at radius 3 is 2.94 bits per heavy atom. The van der Waals surface area contributed by atoms with E-state index in [-0.39, 0.29) is 19.4 Å². The van der Waals surface area contributed by atoms with Gasteiger partial charge in [0.15, 0.2) is 6.23 Å². The molecule has 1 unspecified atom stereocenters. The summed E-state index contributed by atoms with van der Waals surface area (Å²) in [5, 5.41) is 14.9. The molecule has 10 heteroatoms. The summed E-state index contributed by atoms with van der Waals surface area (Å²) in [6.45, 7) is 1.02. The zero-order chi connectivity index (χ0) is 23.4. The summed E-state index contributed by atoms with van der Waals surface area (Å²) in [6.07, 6.45) is 2.82. The van der Waals surface area contributed by atoms with Crippen molar-refractivity contribution in [3.63, 3.8) is 0 Å². The fraction of sp³-hybridized carbons (Fsp3) is 0.522. The molecule has 2 bridgehead atoms. The predicted octanol–water partition coefficient (Wildman–Crippen LogP) is 2.86. The number of nitrogens with zero attached hydrogens (tertiary/aromatic N) is 2. The molecule has 2 amide bonds. The van der Waals surface area contributed by atoms with Crippen molar-refractivity contribution < 1.29 is 23.5 Å². The number of fused-ring (bicyclic) bond motifs is 9. The lowest BCUT2D eigenvalue weighted by Crippen LogP contribution is -2.50. The second-order valence-electron chi connectivity index (χ2n) is 8.61. The van der Waals surface area contributed by atoms with Gasteiger partial charge in [-0.25, -0.2) is 9.18 Å². The molecule has 1 aliphatic carbocycles. The molecule has 4 aliphatic rings. The normalized spacial score (nSPS) is 28.0. The summed E-state index contributed by atoms with van der Waals surface area (Å²) in [7, 11) is 0. The third-order valence-electron chi connectivity index (χ3n) is 6.02. The maximum Gasteiger partial charge on any atom is 0.410 e. The summed E-state index contributed by atoms with van der Waals surface area (Å²) in [5.74, 6) is 0.109. The molecule has 0 spiro atoms. The lowest BCUT2D eigenvalue weighted by atomic mass is 10.1. The molecule has 3 aliphatic heterocycles. The van der Waals surface area contributed by atoms with Gasteiger partial charge in [-0.3, -0.25) is 9.69 Å². The Balaban J connectivity index is 1.54. The zero-order valence-corrected chi connectivity index (χ0v) is 18.8. The van der Waals surface area contributed by atoms with Crippen LogP contribution in [0.1, 0.15) is 31.2 Å². The molecule has 1 saturated heterocycles. The van der Waals surface area contributed by atoms with Gasteiger partial charge in [0.25, 0.3) is 0 Å². The number of hydrogen-bond acceptors (Lipinski definition) is 6. The molecule has 2 N–H and O–H groups in total. The van der Waals surface area contributed by atoms with Crippen LogP contribution in [0.25, 0.3) is 0 Å². The highest BCUT2D eigenvalue weighted by Gasteiger charge is 2.45. The van der Waals surface area contributed by atoms with Crippen LogP contribution >= 0.6 is 11.6 Å². The van der Waals surface area contributed by atoms with Crippen LogP contribution in [-0.4, -0.2) is 60.6 Å². The molecule has 176 valence electrons. The number of ether oxygens (including phenoxy) is 2. The number of rotatable bonds is 2. The minimum atomic E-state index is -1.10. The van der Waals surface area contributed by atoms with Gasteiger partial charge in [0.1, 0.15) is 24.1 Å². The molecule has 1 aromatic carbocycles. The maximum absolute atomic E-state index is 14.1. The standard InChI is InChI=1S/C23H26ClFN4O4/c24-17-10-15-4-5-19(17)32-9-3-1-2-8-29-13-16(25)12-18(29)21(30)27-20(11-15)33-22(31)28-23(14-26)6-7-23/h1,3-5,10,16,18,20H,2,6-9,11-13H2,(H,27,30)(H,28,31)/b3-1+/t16-,18?,20-/m0/s1. The quantitative estimate of drug-likeness (QED) is 0.636. The lowest BCUT2D eigenvalue weighted by Gasteiger charge is -2.26. The summed E-state index contributed by atoms with van der Waals surface area (Å²) in [6, 6.07) is 6.58. The van der Waals surface area contributed by atoms with Crippen LogP contribution < -0.4 is 15.4 Å². The Morgan fingerprint density at radius 2 is 2.21 bits per heavy atom. The van der Waals surface area contributed by atoms with Crippen molar-refractivity contribution >= 4 is 23.6 Å². The van der Waals surface area contributed by atoms with E-state index in [9.17, 15) is 19.2 Å². The Labute approximate surface area is 196 Å². The van der Waals surface area contributed by atoms with Gasteiger partial charge in [-0.1, -0.05) is 29.8 Å². The molecule has 5 rings (SSSR count). The van der Waals surface area contributed by atoms with Crippen molar-refractivity contribution in [3.05, 3.63) is 40.9 Å². The molecular formula is C23H26ClFN4O4. The van der Waals surface area contributed by atoms with E-state index < -0.39 is 36.0 Å². The topological polar surface area (TPSA) is 104 Å². The van der Waals surface area contributed by atoms with Crippen molar-refractivity contribution in [2.75, 3.05) is 19.7 Å². The highest BCUT2D eigenvalue weighted by Crippen LogP contribution is 2.34. The Hall–Kier alpha value is -2.83. The average molecular weight is 477 g/mol. The van der Waals surface area contributed by atoms with Crippen molar-refractivity contribution in [2.45, 2.75) is 56.1 Å². The van der Waals surface area contributed by atoms with Crippen molar-refractivity contribution in [1.29, 1.82) is 5.26 Å². The third-order valence-corrected chi connectivity index (χ3v) is 6.31. The Kier molecular flexibility index (Phi) is 7.05. The number of alkyl halides is 1. The van der Waals surface area contributed by atoms with Gasteiger partial charge in [0.05, 0.1) is 17.1 Å². The van der Waals surface area contributed by atoms with Crippen molar-refractivity contribution in [1.82, 2.24) is 15.5 Å². The zero-order valence-electron chi connectivity index (χ0n) is 18.1. The summed E-state index contributed by atoms with van der Waals surface area (Å²) in [5.41, 5.74) is -0.194. The van der Waals surface area contributed by atoms with Crippen LogP contribution in [0.2, 0.25) is 5.02 Å². The molecule has 3 heterocycles. The van der Waals surface area contributed by atoms with Crippen LogP contribution in [0, 0.1) is 11.3 Å².